The Labute approximate surface area is 71.2 Å². The fraction of sp³-hybridized carbons (Fsp3) is 0.714. The summed E-state index contributed by atoms with van der Waals surface area (Å²) in [6, 6.07) is 0. The van der Waals surface area contributed by atoms with Crippen LogP contribution in [0, 0.1) is 0 Å². The highest BCUT2D eigenvalue weighted by Gasteiger charge is 2.49. The van der Waals surface area contributed by atoms with Crippen molar-refractivity contribution in [2.75, 3.05) is 0 Å². The molecule has 0 aliphatic rings. The molecular formula is C7H8F6. The van der Waals surface area contributed by atoms with Crippen LogP contribution in [0.5, 0.6) is 0 Å². The van der Waals surface area contributed by atoms with E-state index in [2.05, 4.69) is 6.58 Å². The molecule has 0 saturated heterocycles. The van der Waals surface area contributed by atoms with Gasteiger partial charge in [0, 0.05) is 6.42 Å². The van der Waals surface area contributed by atoms with Gasteiger partial charge < -0.3 is 0 Å². The molecule has 13 heavy (non-hydrogen) atoms. The predicted octanol–water partition coefficient (Wildman–Crippen LogP) is 3.49. The van der Waals surface area contributed by atoms with E-state index in [0.717, 1.165) is 0 Å². The van der Waals surface area contributed by atoms with Crippen LogP contribution in [0.1, 0.15) is 12.8 Å². The Morgan fingerprint density at radius 2 is 1.62 bits per heavy atom. The third-order valence-electron chi connectivity index (χ3n) is 1.26. The van der Waals surface area contributed by atoms with Gasteiger partial charge in [0.25, 0.3) is 5.92 Å². The van der Waals surface area contributed by atoms with E-state index in [1.54, 1.807) is 0 Å². The van der Waals surface area contributed by atoms with Crippen LogP contribution in [0.4, 0.5) is 26.3 Å². The lowest BCUT2D eigenvalue weighted by Crippen LogP contribution is -2.34. The molecule has 0 heterocycles. The summed E-state index contributed by atoms with van der Waals surface area (Å²) in [6.07, 6.45) is -6.54. The van der Waals surface area contributed by atoms with Gasteiger partial charge in [-0.25, -0.2) is 26.3 Å². The zero-order valence-corrected chi connectivity index (χ0v) is 6.54. The van der Waals surface area contributed by atoms with E-state index in [-0.39, 0.29) is 0 Å². The van der Waals surface area contributed by atoms with E-state index in [4.69, 9.17) is 0 Å². The van der Waals surface area contributed by atoms with Crippen molar-refractivity contribution in [1.82, 2.24) is 0 Å². The van der Waals surface area contributed by atoms with Crippen LogP contribution in [-0.4, -0.2) is 18.3 Å². The van der Waals surface area contributed by atoms with Gasteiger partial charge in [-0.15, -0.1) is 6.58 Å². The Morgan fingerprint density at radius 3 is 1.92 bits per heavy atom. The lowest BCUT2D eigenvalue weighted by Gasteiger charge is -2.21. The van der Waals surface area contributed by atoms with Crippen molar-refractivity contribution in [2.45, 2.75) is 31.1 Å². The van der Waals surface area contributed by atoms with Gasteiger partial charge in [0.2, 0.25) is 0 Å². The summed E-state index contributed by atoms with van der Waals surface area (Å²) < 4.78 is 71.9. The van der Waals surface area contributed by atoms with Gasteiger partial charge in [0.1, 0.15) is 0 Å². The third-order valence-corrected chi connectivity index (χ3v) is 1.26. The smallest absolute Gasteiger partial charge is 0.206 e. The van der Waals surface area contributed by atoms with Crippen molar-refractivity contribution < 1.29 is 26.3 Å². The molecule has 0 saturated carbocycles. The molecule has 0 amide bonds. The fourth-order valence-corrected chi connectivity index (χ4v) is 0.705. The number of rotatable bonds is 5. The SMILES string of the molecule is C=CCC(F)(F)CC(F)(F)C(F)F. The quantitative estimate of drug-likeness (QED) is 0.477. The number of halogens is 6. The van der Waals surface area contributed by atoms with Gasteiger partial charge in [0.05, 0.1) is 6.42 Å². The maximum Gasteiger partial charge on any atom is 0.313 e. The van der Waals surface area contributed by atoms with Gasteiger partial charge in [-0.2, -0.15) is 0 Å². The molecule has 0 aromatic carbocycles. The highest BCUT2D eigenvalue weighted by Crippen LogP contribution is 2.36. The topological polar surface area (TPSA) is 0 Å². The summed E-state index contributed by atoms with van der Waals surface area (Å²) in [7, 11) is 0. The van der Waals surface area contributed by atoms with Gasteiger partial charge >= 0.3 is 12.3 Å². The van der Waals surface area contributed by atoms with Crippen LogP contribution in [0.15, 0.2) is 12.7 Å². The first-order chi connectivity index (χ1) is 5.71. The van der Waals surface area contributed by atoms with Crippen LogP contribution in [0.25, 0.3) is 0 Å². The molecule has 0 N–H and O–H groups in total. The third kappa shape index (κ3) is 4.19. The Balaban J connectivity index is 4.32. The van der Waals surface area contributed by atoms with Crippen molar-refractivity contribution in [3.63, 3.8) is 0 Å². The second-order valence-corrected chi connectivity index (χ2v) is 2.59. The van der Waals surface area contributed by atoms with E-state index in [1.165, 1.54) is 0 Å². The first-order valence-electron chi connectivity index (χ1n) is 3.36. The monoisotopic (exact) mass is 206 g/mol. The molecule has 0 aromatic heterocycles. The molecular weight excluding hydrogens is 198 g/mol. The Bertz CT molecular complexity index is 174. The molecule has 6 heteroatoms. The minimum Gasteiger partial charge on any atom is -0.206 e. The van der Waals surface area contributed by atoms with E-state index < -0.39 is 31.1 Å². The molecule has 0 aliphatic heterocycles. The molecule has 0 bridgehead atoms. The van der Waals surface area contributed by atoms with Gasteiger partial charge in [-0.1, -0.05) is 6.08 Å². The lowest BCUT2D eigenvalue weighted by molar-refractivity contribution is -0.177. The van der Waals surface area contributed by atoms with Crippen LogP contribution < -0.4 is 0 Å². The van der Waals surface area contributed by atoms with Crippen LogP contribution in [0.2, 0.25) is 0 Å². The van der Waals surface area contributed by atoms with Gasteiger partial charge in [0.15, 0.2) is 0 Å². The van der Waals surface area contributed by atoms with Crippen molar-refractivity contribution >= 4 is 0 Å². The average Bonchev–Trinajstić information content (AvgIpc) is 1.83. The molecule has 0 spiro atoms. The zero-order valence-electron chi connectivity index (χ0n) is 6.54. The van der Waals surface area contributed by atoms with Crippen molar-refractivity contribution in [3.05, 3.63) is 12.7 Å². The first kappa shape index (κ1) is 12.3. The maximum atomic E-state index is 12.4. The maximum absolute atomic E-state index is 12.4. The fourth-order valence-electron chi connectivity index (χ4n) is 0.705. The molecule has 0 aromatic rings. The minimum atomic E-state index is -4.65. The molecule has 0 fully saturated rings. The van der Waals surface area contributed by atoms with Crippen LogP contribution >= 0.6 is 0 Å². The molecule has 0 aliphatic carbocycles. The molecule has 0 radical (unpaired) electrons. The van der Waals surface area contributed by atoms with E-state index in [9.17, 15) is 26.3 Å². The molecule has 0 nitrogen and oxygen atoms in total. The second kappa shape index (κ2) is 4.02. The summed E-state index contributed by atoms with van der Waals surface area (Å²) >= 11 is 0. The van der Waals surface area contributed by atoms with Crippen molar-refractivity contribution in [1.29, 1.82) is 0 Å². The Kier molecular flexibility index (Phi) is 3.81. The highest BCUT2D eigenvalue weighted by atomic mass is 19.3. The lowest BCUT2D eigenvalue weighted by atomic mass is 10.1. The molecule has 0 unspecified atom stereocenters. The molecule has 0 atom stereocenters. The van der Waals surface area contributed by atoms with E-state index >= 15 is 0 Å². The number of alkyl halides is 6. The van der Waals surface area contributed by atoms with Gasteiger partial charge in [-0.05, 0) is 0 Å². The second-order valence-electron chi connectivity index (χ2n) is 2.59. The minimum absolute atomic E-state index is 0.710. The largest absolute Gasteiger partial charge is 0.313 e. The number of allylic oxidation sites excluding steroid dienone is 1. The standard InChI is InChI=1S/C7H8F6/c1-2-3-6(10,11)4-7(12,13)5(8)9/h2,5H,1,3-4H2. The normalized spacial score (nSPS) is 13.5. The van der Waals surface area contributed by atoms with Crippen LogP contribution in [0.3, 0.4) is 0 Å². The summed E-state index contributed by atoms with van der Waals surface area (Å²) in [5.41, 5.74) is 0. The van der Waals surface area contributed by atoms with Crippen molar-refractivity contribution in [2.24, 2.45) is 0 Å². The van der Waals surface area contributed by atoms with E-state index in [1.807, 2.05) is 0 Å². The molecule has 78 valence electrons. The van der Waals surface area contributed by atoms with Gasteiger partial charge in [-0.3, -0.25) is 0 Å². The zero-order chi connectivity index (χ0) is 10.7. The number of hydrogen-bond acceptors (Lipinski definition) is 0. The predicted molar refractivity (Wildman–Crippen MR) is 35.3 cm³/mol. The Hall–Kier alpha value is -0.680. The van der Waals surface area contributed by atoms with Crippen molar-refractivity contribution in [3.8, 4) is 0 Å². The average molecular weight is 206 g/mol. The molecule has 0 rings (SSSR count). The summed E-state index contributed by atoms with van der Waals surface area (Å²) in [6.45, 7) is 2.91. The first-order valence-corrected chi connectivity index (χ1v) is 3.36. The summed E-state index contributed by atoms with van der Waals surface area (Å²) in [4.78, 5) is 0. The number of hydrogen-bond donors (Lipinski definition) is 0. The summed E-state index contributed by atoms with van der Waals surface area (Å²) in [5, 5.41) is 0. The Morgan fingerprint density at radius 1 is 1.15 bits per heavy atom. The van der Waals surface area contributed by atoms with E-state index in [0.29, 0.717) is 6.08 Å². The van der Waals surface area contributed by atoms with Crippen LogP contribution in [-0.2, 0) is 0 Å². The summed E-state index contributed by atoms with van der Waals surface area (Å²) in [5.74, 6) is -8.48. The highest BCUT2D eigenvalue weighted by molar-refractivity contribution is 4.84.